The molecule has 0 bridgehead atoms. The molecule has 2 N–H and O–H groups in total. The van der Waals surface area contributed by atoms with Crippen LogP contribution in [-0.2, 0) is 4.79 Å². The van der Waals surface area contributed by atoms with E-state index in [1.54, 1.807) is 6.07 Å². The van der Waals surface area contributed by atoms with E-state index in [9.17, 15) is 9.90 Å². The van der Waals surface area contributed by atoms with Crippen molar-refractivity contribution in [1.82, 2.24) is 14.7 Å². The summed E-state index contributed by atoms with van der Waals surface area (Å²) in [4.78, 5) is 17.1. The van der Waals surface area contributed by atoms with Crippen molar-refractivity contribution >= 4 is 17.4 Å². The number of rotatable bonds is 6. The summed E-state index contributed by atoms with van der Waals surface area (Å²) >= 11 is 0. The standard InChI is InChI=1S/C24H27N5O2/c30-22-9-5-4-8-21(22)28-14-12-27(13-15-28)17-24(31)25-23-16-20(18-10-11-18)26-29(23)19-6-2-1-3-7-19/h1-9,16,18,30H,10-15,17H2,(H,25,31). The van der Waals surface area contributed by atoms with Crippen molar-refractivity contribution in [1.29, 1.82) is 0 Å². The number of carbonyl (C=O) groups excluding carboxylic acids is 1. The fraction of sp³-hybridized carbons (Fsp3) is 0.333. The van der Waals surface area contributed by atoms with E-state index in [-0.39, 0.29) is 5.91 Å². The van der Waals surface area contributed by atoms with Crippen LogP contribution in [-0.4, -0.2) is 58.4 Å². The molecule has 0 unspecified atom stereocenters. The number of aromatic nitrogens is 2. The van der Waals surface area contributed by atoms with Crippen LogP contribution >= 0.6 is 0 Å². The zero-order valence-corrected chi connectivity index (χ0v) is 17.4. The summed E-state index contributed by atoms with van der Waals surface area (Å²) in [6.45, 7) is 3.44. The Kier molecular flexibility index (Phi) is 5.34. The molecule has 2 aliphatic rings. The molecule has 160 valence electrons. The lowest BCUT2D eigenvalue weighted by atomic mass is 10.2. The first-order chi connectivity index (χ1) is 15.2. The van der Waals surface area contributed by atoms with Crippen molar-refractivity contribution < 1.29 is 9.90 Å². The van der Waals surface area contributed by atoms with Crippen LogP contribution in [0.25, 0.3) is 5.69 Å². The molecular weight excluding hydrogens is 390 g/mol. The molecule has 1 aromatic heterocycles. The van der Waals surface area contributed by atoms with E-state index in [1.807, 2.05) is 59.3 Å². The fourth-order valence-electron chi connectivity index (χ4n) is 4.10. The van der Waals surface area contributed by atoms with E-state index in [2.05, 4.69) is 15.1 Å². The van der Waals surface area contributed by atoms with E-state index >= 15 is 0 Å². The highest BCUT2D eigenvalue weighted by Gasteiger charge is 2.28. The quantitative estimate of drug-likeness (QED) is 0.644. The Bertz CT molecular complexity index is 1050. The SMILES string of the molecule is O=C(CN1CCN(c2ccccc2O)CC1)Nc1cc(C2CC2)nn1-c1ccccc1. The van der Waals surface area contributed by atoms with Gasteiger partial charge >= 0.3 is 0 Å². The van der Waals surface area contributed by atoms with E-state index in [0.29, 0.717) is 18.2 Å². The molecule has 0 atom stereocenters. The maximum atomic E-state index is 12.8. The lowest BCUT2D eigenvalue weighted by Crippen LogP contribution is -2.48. The molecule has 7 nitrogen and oxygen atoms in total. The number of hydrogen-bond donors (Lipinski definition) is 2. The van der Waals surface area contributed by atoms with Crippen LogP contribution in [0.5, 0.6) is 5.75 Å². The summed E-state index contributed by atoms with van der Waals surface area (Å²) < 4.78 is 1.83. The number of hydrogen-bond acceptors (Lipinski definition) is 5. The third kappa shape index (κ3) is 4.41. The number of anilines is 2. The zero-order valence-electron chi connectivity index (χ0n) is 17.4. The molecule has 1 aliphatic carbocycles. The average molecular weight is 418 g/mol. The Balaban J connectivity index is 1.22. The highest BCUT2D eigenvalue weighted by Crippen LogP contribution is 2.40. The molecule has 2 heterocycles. The fourth-order valence-corrected chi connectivity index (χ4v) is 4.10. The zero-order chi connectivity index (χ0) is 21.2. The molecule has 1 saturated heterocycles. The van der Waals surface area contributed by atoms with E-state index < -0.39 is 0 Å². The number of phenolic OH excluding ortho intramolecular Hbond substituents is 1. The monoisotopic (exact) mass is 417 g/mol. The van der Waals surface area contributed by atoms with Gasteiger partial charge in [0.05, 0.1) is 23.6 Å². The van der Waals surface area contributed by atoms with Gasteiger partial charge in [0.1, 0.15) is 11.6 Å². The van der Waals surface area contributed by atoms with Crippen molar-refractivity contribution in [3.8, 4) is 11.4 Å². The predicted molar refractivity (Wildman–Crippen MR) is 121 cm³/mol. The topological polar surface area (TPSA) is 73.6 Å². The number of phenols is 1. The molecule has 5 rings (SSSR count). The van der Waals surface area contributed by atoms with Crippen LogP contribution in [0.15, 0.2) is 60.7 Å². The molecular formula is C24H27N5O2. The first-order valence-corrected chi connectivity index (χ1v) is 10.9. The summed E-state index contributed by atoms with van der Waals surface area (Å²) in [7, 11) is 0. The number of aromatic hydroxyl groups is 1. The van der Waals surface area contributed by atoms with Gasteiger partial charge in [0.25, 0.3) is 0 Å². The predicted octanol–water partition coefficient (Wildman–Crippen LogP) is 3.22. The van der Waals surface area contributed by atoms with Crippen LogP contribution in [0.2, 0.25) is 0 Å². The van der Waals surface area contributed by atoms with Crippen LogP contribution in [0.4, 0.5) is 11.5 Å². The largest absolute Gasteiger partial charge is 0.506 e. The molecule has 31 heavy (non-hydrogen) atoms. The van der Waals surface area contributed by atoms with Crippen molar-refractivity contribution in [3.05, 3.63) is 66.4 Å². The molecule has 2 aromatic carbocycles. The minimum absolute atomic E-state index is 0.0320. The third-order valence-electron chi connectivity index (χ3n) is 5.95. The van der Waals surface area contributed by atoms with E-state index in [4.69, 9.17) is 5.10 Å². The van der Waals surface area contributed by atoms with Crippen molar-refractivity contribution in [2.75, 3.05) is 42.9 Å². The molecule has 0 spiro atoms. The van der Waals surface area contributed by atoms with Crippen LogP contribution in [0.3, 0.4) is 0 Å². The average Bonchev–Trinajstić information content (AvgIpc) is 3.56. The number of nitrogens with zero attached hydrogens (tertiary/aromatic N) is 4. The normalized spacial score (nSPS) is 17.0. The summed E-state index contributed by atoms with van der Waals surface area (Å²) in [5, 5.41) is 17.9. The first kappa shape index (κ1) is 19.6. The van der Waals surface area contributed by atoms with Crippen molar-refractivity contribution in [2.45, 2.75) is 18.8 Å². The van der Waals surface area contributed by atoms with Gasteiger partial charge < -0.3 is 15.3 Å². The summed E-state index contributed by atoms with van der Waals surface area (Å²) in [6, 6.07) is 19.3. The minimum Gasteiger partial charge on any atom is -0.506 e. The van der Waals surface area contributed by atoms with E-state index in [0.717, 1.165) is 49.1 Å². The Morgan fingerprint density at radius 1 is 1.00 bits per heavy atom. The molecule has 1 amide bonds. The lowest BCUT2D eigenvalue weighted by Gasteiger charge is -2.35. The van der Waals surface area contributed by atoms with Crippen LogP contribution < -0.4 is 10.2 Å². The summed E-state index contributed by atoms with van der Waals surface area (Å²) in [5.74, 6) is 1.51. The highest BCUT2D eigenvalue weighted by molar-refractivity contribution is 5.91. The Morgan fingerprint density at radius 3 is 2.42 bits per heavy atom. The van der Waals surface area contributed by atoms with Crippen LogP contribution in [0.1, 0.15) is 24.5 Å². The maximum Gasteiger partial charge on any atom is 0.239 e. The van der Waals surface area contributed by atoms with Crippen molar-refractivity contribution in [3.63, 3.8) is 0 Å². The van der Waals surface area contributed by atoms with Crippen LogP contribution in [0, 0.1) is 0 Å². The molecule has 3 aromatic rings. The van der Waals surface area contributed by atoms with Gasteiger partial charge in [0.15, 0.2) is 0 Å². The second-order valence-electron chi connectivity index (χ2n) is 8.28. The minimum atomic E-state index is -0.0320. The van der Waals surface area contributed by atoms with Gasteiger partial charge in [0.2, 0.25) is 5.91 Å². The number of benzene rings is 2. The van der Waals surface area contributed by atoms with Crippen molar-refractivity contribution in [2.24, 2.45) is 0 Å². The molecule has 1 aliphatic heterocycles. The number of para-hydroxylation sites is 3. The van der Waals surface area contributed by atoms with Gasteiger partial charge in [-0.15, -0.1) is 0 Å². The Labute approximate surface area is 181 Å². The summed E-state index contributed by atoms with van der Waals surface area (Å²) in [6.07, 6.45) is 2.33. The molecule has 0 radical (unpaired) electrons. The molecule has 1 saturated carbocycles. The maximum absolute atomic E-state index is 12.8. The second-order valence-corrected chi connectivity index (χ2v) is 8.28. The second kappa shape index (κ2) is 8.43. The number of nitrogens with one attached hydrogen (secondary N) is 1. The van der Waals surface area contributed by atoms with Gasteiger partial charge in [0, 0.05) is 38.2 Å². The Hall–Kier alpha value is -3.32. The van der Waals surface area contributed by atoms with Gasteiger partial charge in [-0.05, 0) is 37.1 Å². The number of amides is 1. The van der Waals surface area contributed by atoms with E-state index in [1.165, 1.54) is 12.8 Å². The number of piperazine rings is 1. The Morgan fingerprint density at radius 2 is 1.71 bits per heavy atom. The smallest absolute Gasteiger partial charge is 0.239 e. The third-order valence-corrected chi connectivity index (χ3v) is 5.95. The summed E-state index contributed by atoms with van der Waals surface area (Å²) in [5.41, 5.74) is 2.85. The van der Waals surface area contributed by atoms with Gasteiger partial charge in [-0.25, -0.2) is 4.68 Å². The highest BCUT2D eigenvalue weighted by atomic mass is 16.3. The lowest BCUT2D eigenvalue weighted by molar-refractivity contribution is -0.117. The number of carbonyl (C=O) groups is 1. The van der Waals surface area contributed by atoms with Gasteiger partial charge in [-0.3, -0.25) is 9.69 Å². The first-order valence-electron chi connectivity index (χ1n) is 10.9. The van der Waals surface area contributed by atoms with Gasteiger partial charge in [-0.1, -0.05) is 30.3 Å². The van der Waals surface area contributed by atoms with Gasteiger partial charge in [-0.2, -0.15) is 5.10 Å². The molecule has 2 fully saturated rings. The molecule has 7 heteroatoms.